The molecule has 0 bridgehead atoms. The van der Waals surface area contributed by atoms with Crippen molar-refractivity contribution < 1.29 is 19.0 Å². The quantitative estimate of drug-likeness (QED) is 0.136. The van der Waals surface area contributed by atoms with E-state index in [1.807, 2.05) is 47.9 Å². The minimum atomic E-state index is -0.274. The molecular weight excluding hydrogens is 538 g/mol. The van der Waals surface area contributed by atoms with Crippen LogP contribution in [0.1, 0.15) is 38.8 Å². The Morgan fingerprint density at radius 1 is 0.976 bits per heavy atom. The van der Waals surface area contributed by atoms with Crippen molar-refractivity contribution in [1.29, 1.82) is 0 Å². The van der Waals surface area contributed by atoms with Crippen molar-refractivity contribution in [3.05, 3.63) is 77.9 Å². The van der Waals surface area contributed by atoms with Gasteiger partial charge in [-0.15, -0.1) is 10.2 Å². The van der Waals surface area contributed by atoms with E-state index in [1.54, 1.807) is 26.5 Å². The van der Waals surface area contributed by atoms with Crippen molar-refractivity contribution in [3.8, 4) is 34.3 Å². The van der Waals surface area contributed by atoms with E-state index in [2.05, 4.69) is 65.8 Å². The summed E-state index contributed by atoms with van der Waals surface area (Å²) >= 11 is 1.28. The average Bonchev–Trinajstić information content (AvgIpc) is 3.40. The van der Waals surface area contributed by atoms with Crippen LogP contribution in [0, 0.1) is 0 Å². The summed E-state index contributed by atoms with van der Waals surface area (Å²) < 4.78 is 18.2. The number of thioether (sulfide) groups is 1. The van der Waals surface area contributed by atoms with E-state index in [1.165, 1.54) is 17.3 Å². The van der Waals surface area contributed by atoms with Crippen LogP contribution in [0.25, 0.3) is 17.1 Å². The lowest BCUT2D eigenvalue weighted by Gasteiger charge is -2.19. The summed E-state index contributed by atoms with van der Waals surface area (Å²) in [7, 11) is 3.21. The molecule has 41 heavy (non-hydrogen) atoms. The molecule has 0 unspecified atom stereocenters. The Kier molecular flexibility index (Phi) is 9.67. The normalized spacial score (nSPS) is 11.5. The number of rotatable bonds is 11. The molecule has 0 aliphatic heterocycles. The predicted molar refractivity (Wildman–Crippen MR) is 163 cm³/mol. The molecule has 1 aromatic heterocycles. The average molecular weight is 574 g/mol. The smallest absolute Gasteiger partial charge is 0.250 e. The van der Waals surface area contributed by atoms with Gasteiger partial charge in [0.25, 0.3) is 5.91 Å². The Morgan fingerprint density at radius 2 is 1.71 bits per heavy atom. The summed E-state index contributed by atoms with van der Waals surface area (Å²) in [5.74, 6) is 2.50. The molecule has 0 aliphatic rings. The highest BCUT2D eigenvalue weighted by atomic mass is 32.2. The highest BCUT2D eigenvalue weighted by molar-refractivity contribution is 7.99. The molecule has 4 rings (SSSR count). The summed E-state index contributed by atoms with van der Waals surface area (Å²) in [6, 6.07) is 21.4. The molecule has 0 fully saturated rings. The van der Waals surface area contributed by atoms with Gasteiger partial charge < -0.3 is 14.2 Å². The number of nitrogens with one attached hydrogen (secondary N) is 1. The van der Waals surface area contributed by atoms with E-state index in [0.29, 0.717) is 29.1 Å². The van der Waals surface area contributed by atoms with Crippen molar-refractivity contribution in [3.63, 3.8) is 0 Å². The second-order valence-corrected chi connectivity index (χ2v) is 11.0. The summed E-state index contributed by atoms with van der Waals surface area (Å²) in [5.41, 5.74) is 6.39. The molecule has 214 valence electrons. The van der Waals surface area contributed by atoms with Gasteiger partial charge >= 0.3 is 0 Å². The molecule has 1 amide bonds. The Balaban J connectivity index is 1.50. The number of ether oxygens (including phenoxy) is 3. The fourth-order valence-corrected chi connectivity index (χ4v) is 4.76. The van der Waals surface area contributed by atoms with Gasteiger partial charge in [0.05, 0.1) is 32.8 Å². The van der Waals surface area contributed by atoms with Crippen LogP contribution >= 0.6 is 11.8 Å². The molecule has 0 atom stereocenters. The van der Waals surface area contributed by atoms with Crippen LogP contribution in [0.3, 0.4) is 0 Å². The van der Waals surface area contributed by atoms with E-state index in [0.717, 1.165) is 22.6 Å². The molecule has 1 N–H and O–H groups in total. The van der Waals surface area contributed by atoms with Crippen molar-refractivity contribution in [2.24, 2.45) is 5.10 Å². The second-order valence-electron chi connectivity index (χ2n) is 10.1. The van der Waals surface area contributed by atoms with Crippen LogP contribution in [0.5, 0.6) is 17.2 Å². The lowest BCUT2D eigenvalue weighted by atomic mass is 9.87. The number of methoxy groups -OCH3 is 2. The number of aromatic nitrogens is 3. The Hall–Kier alpha value is -4.31. The first-order valence-electron chi connectivity index (χ1n) is 13.2. The van der Waals surface area contributed by atoms with Crippen LogP contribution in [-0.2, 0) is 10.2 Å². The maximum atomic E-state index is 12.6. The zero-order chi connectivity index (χ0) is 29.4. The van der Waals surface area contributed by atoms with Gasteiger partial charge in [0.1, 0.15) is 5.75 Å². The van der Waals surface area contributed by atoms with Crippen molar-refractivity contribution in [2.45, 2.75) is 38.3 Å². The van der Waals surface area contributed by atoms with Gasteiger partial charge in [-0.2, -0.15) is 5.10 Å². The second kappa shape index (κ2) is 13.4. The molecule has 0 saturated heterocycles. The van der Waals surface area contributed by atoms with Gasteiger partial charge in [0, 0.05) is 11.3 Å². The van der Waals surface area contributed by atoms with E-state index < -0.39 is 0 Å². The molecule has 9 nitrogen and oxygen atoms in total. The van der Waals surface area contributed by atoms with Crippen LogP contribution in [0.4, 0.5) is 0 Å². The van der Waals surface area contributed by atoms with Crippen molar-refractivity contribution in [2.75, 3.05) is 26.6 Å². The molecule has 10 heteroatoms. The molecule has 0 aliphatic carbocycles. The summed E-state index contributed by atoms with van der Waals surface area (Å²) in [4.78, 5) is 12.6. The Labute approximate surface area is 244 Å². The number of hydrogen-bond donors (Lipinski definition) is 1. The van der Waals surface area contributed by atoms with Gasteiger partial charge in [-0.05, 0) is 65.9 Å². The van der Waals surface area contributed by atoms with E-state index in [4.69, 9.17) is 14.2 Å². The number of nitrogens with zero attached hydrogens (tertiary/aromatic N) is 4. The van der Waals surface area contributed by atoms with Gasteiger partial charge in [0.15, 0.2) is 22.5 Å². The summed E-state index contributed by atoms with van der Waals surface area (Å²) in [5, 5.41) is 13.6. The van der Waals surface area contributed by atoms with E-state index in [9.17, 15) is 4.79 Å². The molecule has 4 aromatic rings. The maximum Gasteiger partial charge on any atom is 0.250 e. The van der Waals surface area contributed by atoms with Crippen LogP contribution in [-0.4, -0.2) is 53.5 Å². The molecule has 1 heterocycles. The first-order valence-corrected chi connectivity index (χ1v) is 14.2. The largest absolute Gasteiger partial charge is 0.497 e. The zero-order valence-electron chi connectivity index (χ0n) is 24.2. The standard InChI is InChI=1S/C31H35N5O4S/c1-7-40-26-17-8-21(18-27(26)39-6)19-32-33-28(37)20-41-30-35-34-29(22-9-11-23(12-10-22)31(2,3)4)36(30)24-13-15-25(38-5)16-14-24/h8-19H,7,20H2,1-6H3,(H,33,37). The number of amides is 1. The number of carbonyl (C=O) groups is 1. The van der Waals surface area contributed by atoms with Crippen LogP contribution < -0.4 is 19.6 Å². The molecule has 0 saturated carbocycles. The van der Waals surface area contributed by atoms with Gasteiger partial charge in [-0.3, -0.25) is 9.36 Å². The molecule has 0 spiro atoms. The SMILES string of the molecule is CCOc1ccc(C=NNC(=O)CSc2nnc(-c3ccc(C(C)(C)C)cc3)n2-c2ccc(OC)cc2)cc1OC. The first kappa shape index (κ1) is 29.7. The summed E-state index contributed by atoms with van der Waals surface area (Å²) in [6.45, 7) is 8.99. The monoisotopic (exact) mass is 573 g/mol. The maximum absolute atomic E-state index is 12.6. The zero-order valence-corrected chi connectivity index (χ0v) is 25.0. The number of hydrogen-bond acceptors (Lipinski definition) is 8. The van der Waals surface area contributed by atoms with Crippen LogP contribution in [0.15, 0.2) is 77.0 Å². The Morgan fingerprint density at radius 3 is 2.34 bits per heavy atom. The number of hydrazone groups is 1. The molecule has 0 radical (unpaired) electrons. The minimum Gasteiger partial charge on any atom is -0.497 e. The Bertz CT molecular complexity index is 1490. The first-order chi connectivity index (χ1) is 19.7. The fourth-order valence-electron chi connectivity index (χ4n) is 4.01. The number of benzene rings is 3. The van der Waals surface area contributed by atoms with Crippen molar-refractivity contribution in [1.82, 2.24) is 20.2 Å². The minimum absolute atomic E-state index is 0.0397. The topological polar surface area (TPSA) is 99.9 Å². The molecular formula is C31H35N5O4S. The fraction of sp³-hybridized carbons (Fsp3) is 0.290. The van der Waals surface area contributed by atoms with E-state index >= 15 is 0 Å². The highest BCUT2D eigenvalue weighted by Gasteiger charge is 2.19. The lowest BCUT2D eigenvalue weighted by molar-refractivity contribution is -0.118. The van der Waals surface area contributed by atoms with Crippen LogP contribution in [0.2, 0.25) is 0 Å². The van der Waals surface area contributed by atoms with Crippen molar-refractivity contribution >= 4 is 23.9 Å². The predicted octanol–water partition coefficient (Wildman–Crippen LogP) is 5.89. The molecule has 3 aromatic carbocycles. The third kappa shape index (κ3) is 7.46. The third-order valence-corrected chi connectivity index (χ3v) is 7.12. The third-order valence-electron chi connectivity index (χ3n) is 6.20. The van der Waals surface area contributed by atoms with E-state index in [-0.39, 0.29) is 17.1 Å². The van der Waals surface area contributed by atoms with Gasteiger partial charge in [-0.1, -0.05) is 56.8 Å². The highest BCUT2D eigenvalue weighted by Crippen LogP contribution is 2.31. The lowest BCUT2D eigenvalue weighted by Crippen LogP contribution is -2.20. The van der Waals surface area contributed by atoms with Gasteiger partial charge in [-0.25, -0.2) is 5.43 Å². The summed E-state index contributed by atoms with van der Waals surface area (Å²) in [6.07, 6.45) is 1.56. The van der Waals surface area contributed by atoms with Gasteiger partial charge in [0.2, 0.25) is 0 Å². The number of carbonyl (C=O) groups excluding carboxylic acids is 1.